The van der Waals surface area contributed by atoms with Gasteiger partial charge in [0.25, 0.3) is 5.91 Å². The van der Waals surface area contributed by atoms with E-state index in [0.29, 0.717) is 6.41 Å². The molecule has 0 bridgehead atoms. The maximum Gasteiger partial charge on any atom is 0.287 e. The lowest BCUT2D eigenvalue weighted by molar-refractivity contribution is -0.123. The second-order valence-corrected chi connectivity index (χ2v) is 5.95. The SMILES string of the molecule is [B]C1(c2cc(F)ccc2Cl)NC(=O)Cn2c(C(=O)NC)nc(NC=O)c21. The Bertz CT molecular complexity index is 934. The zero-order chi connectivity index (χ0) is 19.1. The van der Waals surface area contributed by atoms with Gasteiger partial charge in [-0.2, -0.15) is 0 Å². The third kappa shape index (κ3) is 2.72. The van der Waals surface area contributed by atoms with Gasteiger partial charge in [0.15, 0.2) is 5.82 Å². The van der Waals surface area contributed by atoms with Crippen LogP contribution in [-0.2, 0) is 21.6 Å². The van der Waals surface area contributed by atoms with Gasteiger partial charge in [-0.25, -0.2) is 9.37 Å². The third-order valence-electron chi connectivity index (χ3n) is 3.96. The molecule has 1 aliphatic heterocycles. The van der Waals surface area contributed by atoms with Gasteiger partial charge in [-0.1, -0.05) is 11.6 Å². The van der Waals surface area contributed by atoms with Gasteiger partial charge in [0.2, 0.25) is 18.1 Å². The van der Waals surface area contributed by atoms with Crippen molar-refractivity contribution in [1.82, 2.24) is 20.2 Å². The summed E-state index contributed by atoms with van der Waals surface area (Å²) < 4.78 is 15.1. The Balaban J connectivity index is 2.33. The Hall–Kier alpha value is -2.88. The largest absolute Gasteiger partial charge is 0.352 e. The van der Waals surface area contributed by atoms with Crippen LogP contribution in [-0.4, -0.2) is 42.7 Å². The van der Waals surface area contributed by atoms with Gasteiger partial charge in [-0.3, -0.25) is 14.4 Å². The van der Waals surface area contributed by atoms with Crippen LogP contribution in [0.15, 0.2) is 18.2 Å². The molecule has 11 heteroatoms. The summed E-state index contributed by atoms with van der Waals surface area (Å²) in [7, 11) is 7.79. The van der Waals surface area contributed by atoms with Gasteiger partial charge in [-0.15, -0.1) is 0 Å². The van der Waals surface area contributed by atoms with Gasteiger partial charge < -0.3 is 20.5 Å². The molecule has 132 valence electrons. The Morgan fingerprint density at radius 2 is 2.27 bits per heavy atom. The minimum absolute atomic E-state index is 0.0470. The van der Waals surface area contributed by atoms with E-state index in [-0.39, 0.29) is 34.5 Å². The molecule has 0 aliphatic carbocycles. The maximum absolute atomic E-state index is 13.8. The molecule has 3 N–H and O–H groups in total. The number of carbonyl (C=O) groups is 3. The molecule has 1 unspecified atom stereocenters. The number of nitrogens with zero attached hydrogens (tertiary/aromatic N) is 2. The summed E-state index contributed by atoms with van der Waals surface area (Å²) in [5.41, 5.74) is -1.68. The van der Waals surface area contributed by atoms with Crippen LogP contribution >= 0.6 is 11.6 Å². The van der Waals surface area contributed by atoms with Crippen molar-refractivity contribution in [2.24, 2.45) is 0 Å². The van der Waals surface area contributed by atoms with Gasteiger partial charge in [0.05, 0.1) is 11.1 Å². The summed E-state index contributed by atoms with van der Waals surface area (Å²) in [4.78, 5) is 39.4. The summed E-state index contributed by atoms with van der Waals surface area (Å²) in [6.07, 6.45) is 0.348. The summed E-state index contributed by atoms with van der Waals surface area (Å²) in [6, 6.07) is 3.49. The van der Waals surface area contributed by atoms with E-state index in [0.717, 1.165) is 12.1 Å². The first kappa shape index (κ1) is 17.9. The molecular weight excluding hydrogens is 363 g/mol. The number of nitrogens with one attached hydrogen (secondary N) is 3. The van der Waals surface area contributed by atoms with Crippen molar-refractivity contribution in [3.8, 4) is 0 Å². The second kappa shape index (κ2) is 6.45. The van der Waals surface area contributed by atoms with Crippen LogP contribution in [0.25, 0.3) is 0 Å². The molecule has 1 aromatic carbocycles. The Labute approximate surface area is 153 Å². The van der Waals surface area contributed by atoms with Crippen molar-refractivity contribution in [2.45, 2.75) is 12.0 Å². The van der Waals surface area contributed by atoms with Crippen LogP contribution < -0.4 is 16.0 Å². The summed E-state index contributed by atoms with van der Waals surface area (Å²) in [6.45, 7) is -0.266. The molecule has 26 heavy (non-hydrogen) atoms. The Morgan fingerprint density at radius 3 is 2.92 bits per heavy atom. The fourth-order valence-electron chi connectivity index (χ4n) is 2.90. The van der Waals surface area contributed by atoms with Crippen LogP contribution in [0.2, 0.25) is 5.02 Å². The monoisotopic (exact) mass is 375 g/mol. The molecule has 0 spiro atoms. The molecular formula is C15H12BClFN5O3. The highest BCUT2D eigenvalue weighted by Gasteiger charge is 2.43. The lowest BCUT2D eigenvalue weighted by Crippen LogP contribution is -2.54. The van der Waals surface area contributed by atoms with E-state index in [9.17, 15) is 18.8 Å². The van der Waals surface area contributed by atoms with Gasteiger partial charge in [0.1, 0.15) is 20.2 Å². The average Bonchev–Trinajstić information content (AvgIpc) is 2.95. The van der Waals surface area contributed by atoms with E-state index in [2.05, 4.69) is 20.9 Å². The predicted molar refractivity (Wildman–Crippen MR) is 91.4 cm³/mol. The number of hydrogen-bond donors (Lipinski definition) is 3. The molecule has 0 saturated heterocycles. The second-order valence-electron chi connectivity index (χ2n) is 5.54. The number of amides is 3. The highest BCUT2D eigenvalue weighted by Crippen LogP contribution is 2.38. The predicted octanol–water partition coefficient (Wildman–Crippen LogP) is 0.103. The quantitative estimate of drug-likeness (QED) is 0.521. The minimum Gasteiger partial charge on any atom is -0.352 e. The Morgan fingerprint density at radius 1 is 1.54 bits per heavy atom. The molecule has 8 nitrogen and oxygen atoms in total. The first-order valence-electron chi connectivity index (χ1n) is 7.40. The van der Waals surface area contributed by atoms with Crippen molar-refractivity contribution in [1.29, 1.82) is 0 Å². The number of imidazole rings is 1. The molecule has 2 aromatic rings. The third-order valence-corrected chi connectivity index (χ3v) is 4.29. The number of hydrogen-bond acceptors (Lipinski definition) is 4. The number of rotatable bonds is 4. The molecule has 1 atom stereocenters. The lowest BCUT2D eigenvalue weighted by Gasteiger charge is -2.38. The minimum atomic E-state index is -1.82. The number of anilines is 1. The van der Waals surface area contributed by atoms with E-state index < -0.39 is 23.1 Å². The molecule has 3 rings (SSSR count). The summed E-state index contributed by atoms with van der Waals surface area (Å²) in [5.74, 6) is -1.95. The van der Waals surface area contributed by atoms with Crippen LogP contribution in [0.5, 0.6) is 0 Å². The van der Waals surface area contributed by atoms with Crippen LogP contribution in [0.1, 0.15) is 21.9 Å². The van der Waals surface area contributed by atoms with Crippen LogP contribution in [0, 0.1) is 5.82 Å². The fourth-order valence-corrected chi connectivity index (χ4v) is 3.17. The zero-order valence-corrected chi connectivity index (χ0v) is 14.2. The van der Waals surface area contributed by atoms with E-state index >= 15 is 0 Å². The highest BCUT2D eigenvalue weighted by molar-refractivity contribution is 6.33. The summed E-state index contributed by atoms with van der Waals surface area (Å²) in [5, 5.41) is 7.37. The number of halogens is 2. The summed E-state index contributed by atoms with van der Waals surface area (Å²) >= 11 is 6.16. The molecule has 1 aromatic heterocycles. The standard InChI is InChI=1S/C15H12BClFN5O3/c1-19-14(26)13-21-12(20-6-24)11-15(16,22-10(25)5-23(11)13)8-4-7(18)2-3-9(8)17/h2-4,6H,5H2,1H3,(H,19,26)(H,20,24)(H,22,25). The fraction of sp³-hybridized carbons (Fsp3) is 0.200. The first-order chi connectivity index (χ1) is 12.3. The van der Waals surface area contributed by atoms with E-state index in [1.54, 1.807) is 0 Å². The van der Waals surface area contributed by atoms with Crippen molar-refractivity contribution < 1.29 is 18.8 Å². The van der Waals surface area contributed by atoms with Crippen molar-refractivity contribution in [3.63, 3.8) is 0 Å². The molecule has 2 heterocycles. The smallest absolute Gasteiger partial charge is 0.287 e. The number of carbonyl (C=O) groups excluding carboxylic acids is 3. The van der Waals surface area contributed by atoms with E-state index in [1.165, 1.54) is 17.7 Å². The van der Waals surface area contributed by atoms with Crippen molar-refractivity contribution in [2.75, 3.05) is 12.4 Å². The Kier molecular flexibility index (Phi) is 4.45. The molecule has 2 radical (unpaired) electrons. The zero-order valence-electron chi connectivity index (χ0n) is 13.5. The average molecular weight is 376 g/mol. The van der Waals surface area contributed by atoms with Crippen LogP contribution in [0.3, 0.4) is 0 Å². The van der Waals surface area contributed by atoms with E-state index in [1.807, 2.05) is 0 Å². The van der Waals surface area contributed by atoms with Crippen LogP contribution in [0.4, 0.5) is 10.2 Å². The molecule has 0 fully saturated rings. The molecule has 1 aliphatic rings. The lowest BCUT2D eigenvalue weighted by atomic mass is 9.68. The van der Waals surface area contributed by atoms with Crippen molar-refractivity contribution >= 4 is 43.5 Å². The van der Waals surface area contributed by atoms with Gasteiger partial charge in [0, 0.05) is 12.1 Å². The number of fused-ring (bicyclic) bond motifs is 1. The number of benzene rings is 1. The van der Waals surface area contributed by atoms with Gasteiger partial charge >= 0.3 is 0 Å². The first-order valence-corrected chi connectivity index (χ1v) is 7.78. The van der Waals surface area contributed by atoms with Gasteiger partial charge in [-0.05, 0) is 23.8 Å². The topological polar surface area (TPSA) is 105 Å². The maximum atomic E-state index is 13.8. The highest BCUT2D eigenvalue weighted by atomic mass is 35.5. The number of aromatic nitrogens is 2. The molecule has 0 saturated carbocycles. The van der Waals surface area contributed by atoms with E-state index in [4.69, 9.17) is 19.4 Å². The van der Waals surface area contributed by atoms with Crippen molar-refractivity contribution in [3.05, 3.63) is 46.1 Å². The molecule has 3 amide bonds. The normalized spacial score (nSPS) is 18.7.